The predicted molar refractivity (Wildman–Crippen MR) is 104 cm³/mol. The van der Waals surface area contributed by atoms with Gasteiger partial charge in [-0.1, -0.05) is 39.3 Å². The van der Waals surface area contributed by atoms with Gasteiger partial charge in [-0.2, -0.15) is 0 Å². The van der Waals surface area contributed by atoms with E-state index in [-0.39, 0.29) is 11.1 Å². The maximum absolute atomic E-state index is 13.2. The van der Waals surface area contributed by atoms with E-state index >= 15 is 0 Å². The summed E-state index contributed by atoms with van der Waals surface area (Å²) >= 11 is 6.42. The van der Waals surface area contributed by atoms with Crippen molar-refractivity contribution in [3.8, 4) is 0 Å². The van der Waals surface area contributed by atoms with Crippen molar-refractivity contribution in [1.29, 1.82) is 0 Å². The number of anilines is 1. The summed E-state index contributed by atoms with van der Waals surface area (Å²) in [5, 5.41) is 4.44. The second-order valence-electron chi connectivity index (χ2n) is 6.59. The van der Waals surface area contributed by atoms with Gasteiger partial charge < -0.3 is 10.2 Å². The summed E-state index contributed by atoms with van der Waals surface area (Å²) in [5.74, 6) is 0.363. The van der Waals surface area contributed by atoms with E-state index in [9.17, 15) is 4.79 Å². The molecular weight excluding hydrogens is 336 g/mol. The summed E-state index contributed by atoms with van der Waals surface area (Å²) in [6, 6.07) is 3.78. The summed E-state index contributed by atoms with van der Waals surface area (Å²) in [6.07, 6.45) is 3.49. The van der Waals surface area contributed by atoms with Crippen LogP contribution in [0.4, 0.5) is 5.69 Å². The number of aromatic nitrogens is 2. The molecule has 2 aromatic rings. The molecule has 0 saturated heterocycles. The summed E-state index contributed by atoms with van der Waals surface area (Å²) in [4.78, 5) is 23.7. The third-order valence-corrected chi connectivity index (χ3v) is 4.17. The summed E-state index contributed by atoms with van der Waals surface area (Å²) in [7, 11) is 0. The average Bonchev–Trinajstić information content (AvgIpc) is 2.58. The number of nitrogens with one attached hydrogen (secondary N) is 1. The van der Waals surface area contributed by atoms with Crippen molar-refractivity contribution < 1.29 is 4.79 Å². The van der Waals surface area contributed by atoms with E-state index in [1.807, 2.05) is 17.0 Å². The maximum Gasteiger partial charge on any atom is 0.259 e. The lowest BCUT2D eigenvalue weighted by atomic mass is 10.1. The van der Waals surface area contributed by atoms with Crippen LogP contribution in [0, 0.1) is 5.92 Å². The third kappa shape index (κ3) is 4.60. The molecule has 0 saturated carbocycles. The number of amides is 1. The van der Waals surface area contributed by atoms with Gasteiger partial charge in [-0.05, 0) is 30.9 Å². The molecule has 0 spiro atoms. The van der Waals surface area contributed by atoms with Gasteiger partial charge in [0.2, 0.25) is 0 Å². The van der Waals surface area contributed by atoms with Crippen molar-refractivity contribution in [2.24, 2.45) is 5.92 Å². The molecule has 0 aliphatic rings. The molecule has 25 heavy (non-hydrogen) atoms. The van der Waals surface area contributed by atoms with Gasteiger partial charge in [-0.15, -0.1) is 0 Å². The maximum atomic E-state index is 13.2. The molecular formula is C19H27ClN4O. The minimum absolute atomic E-state index is 0.0711. The smallest absolute Gasteiger partial charge is 0.259 e. The van der Waals surface area contributed by atoms with Crippen molar-refractivity contribution in [3.63, 3.8) is 0 Å². The Morgan fingerprint density at radius 1 is 1.28 bits per heavy atom. The van der Waals surface area contributed by atoms with Crippen LogP contribution in [0.5, 0.6) is 0 Å². The van der Waals surface area contributed by atoms with E-state index in [0.29, 0.717) is 30.2 Å². The highest BCUT2D eigenvalue weighted by Gasteiger charge is 2.24. The van der Waals surface area contributed by atoms with Crippen molar-refractivity contribution >= 4 is 34.2 Å². The lowest BCUT2D eigenvalue weighted by molar-refractivity contribution is 0.0756. The molecule has 0 aliphatic carbocycles. The van der Waals surface area contributed by atoms with E-state index in [1.165, 1.54) is 0 Å². The number of halogens is 1. The Morgan fingerprint density at radius 2 is 1.96 bits per heavy atom. The second-order valence-corrected chi connectivity index (χ2v) is 6.95. The Bertz CT molecular complexity index is 727. The molecule has 0 aliphatic heterocycles. The van der Waals surface area contributed by atoms with Gasteiger partial charge in [0.25, 0.3) is 5.91 Å². The standard InChI is InChI=1S/C19H27ClN4O/c1-5-10-24(11-6-2)19(25)15-16(22-12-13(3)4)14-8-7-9-21-18(14)23-17(15)20/h7-9,13H,5-6,10-12H2,1-4H3,(H,21,22,23). The quantitative estimate of drug-likeness (QED) is 0.696. The predicted octanol–water partition coefficient (Wildman–Crippen LogP) is 4.61. The van der Waals surface area contributed by atoms with Crippen LogP contribution < -0.4 is 5.32 Å². The summed E-state index contributed by atoms with van der Waals surface area (Å²) < 4.78 is 0. The number of carbonyl (C=O) groups is 1. The van der Waals surface area contributed by atoms with Crippen molar-refractivity contribution in [3.05, 3.63) is 29.0 Å². The lowest BCUT2D eigenvalue weighted by Gasteiger charge is -2.24. The summed E-state index contributed by atoms with van der Waals surface area (Å²) in [5.41, 5.74) is 1.73. The molecule has 2 heterocycles. The van der Waals surface area contributed by atoms with Crippen LogP contribution in [0.2, 0.25) is 5.15 Å². The van der Waals surface area contributed by atoms with Gasteiger partial charge in [-0.3, -0.25) is 4.79 Å². The Balaban J connectivity index is 2.57. The molecule has 5 nitrogen and oxygen atoms in total. The van der Waals surface area contributed by atoms with Gasteiger partial charge in [0.15, 0.2) is 5.65 Å². The molecule has 6 heteroatoms. The fourth-order valence-electron chi connectivity index (χ4n) is 2.77. The molecule has 2 rings (SSSR count). The first-order chi connectivity index (χ1) is 12.0. The minimum atomic E-state index is -0.0711. The monoisotopic (exact) mass is 362 g/mol. The zero-order valence-electron chi connectivity index (χ0n) is 15.5. The zero-order chi connectivity index (χ0) is 18.4. The largest absolute Gasteiger partial charge is 0.383 e. The number of pyridine rings is 2. The number of fused-ring (bicyclic) bond motifs is 1. The molecule has 1 amide bonds. The van der Waals surface area contributed by atoms with Crippen LogP contribution in [0.15, 0.2) is 18.3 Å². The molecule has 0 aromatic carbocycles. The fraction of sp³-hybridized carbons (Fsp3) is 0.526. The minimum Gasteiger partial charge on any atom is -0.383 e. The van der Waals surface area contributed by atoms with Gasteiger partial charge in [0, 0.05) is 31.2 Å². The first kappa shape index (κ1) is 19.4. The van der Waals surface area contributed by atoms with E-state index in [0.717, 1.165) is 30.5 Å². The first-order valence-electron chi connectivity index (χ1n) is 8.96. The molecule has 136 valence electrons. The normalized spacial score (nSPS) is 11.1. The van der Waals surface area contributed by atoms with Crippen LogP contribution in [-0.2, 0) is 0 Å². The summed E-state index contributed by atoms with van der Waals surface area (Å²) in [6.45, 7) is 10.5. The number of carbonyl (C=O) groups excluding carboxylic acids is 1. The van der Waals surface area contributed by atoms with Gasteiger partial charge in [-0.25, -0.2) is 9.97 Å². The number of hydrogen-bond acceptors (Lipinski definition) is 4. The number of nitrogens with zero attached hydrogens (tertiary/aromatic N) is 3. The van der Waals surface area contributed by atoms with Crippen LogP contribution in [0.1, 0.15) is 50.9 Å². The Labute approximate surface area is 154 Å². The molecule has 2 aromatic heterocycles. The van der Waals surface area contributed by atoms with Crippen molar-refractivity contribution in [1.82, 2.24) is 14.9 Å². The van der Waals surface area contributed by atoms with Crippen molar-refractivity contribution in [2.75, 3.05) is 25.0 Å². The van der Waals surface area contributed by atoms with Crippen LogP contribution >= 0.6 is 11.6 Å². The molecule has 0 bridgehead atoms. The Kier molecular flexibility index (Phi) is 7.00. The molecule has 0 fully saturated rings. The first-order valence-corrected chi connectivity index (χ1v) is 9.34. The lowest BCUT2D eigenvalue weighted by Crippen LogP contribution is -2.33. The van der Waals surface area contributed by atoms with Gasteiger partial charge in [0.1, 0.15) is 10.7 Å². The molecule has 0 unspecified atom stereocenters. The second kappa shape index (κ2) is 8.99. The highest BCUT2D eigenvalue weighted by molar-refractivity contribution is 6.34. The highest BCUT2D eigenvalue weighted by atomic mass is 35.5. The van der Waals surface area contributed by atoms with Crippen molar-refractivity contribution in [2.45, 2.75) is 40.5 Å². The van der Waals surface area contributed by atoms with Gasteiger partial charge in [0.05, 0.1) is 5.69 Å². The van der Waals surface area contributed by atoms with Crippen LogP contribution in [-0.4, -0.2) is 40.4 Å². The average molecular weight is 363 g/mol. The Hall–Kier alpha value is -1.88. The Morgan fingerprint density at radius 3 is 2.56 bits per heavy atom. The van der Waals surface area contributed by atoms with E-state index in [2.05, 4.69) is 43.0 Å². The van der Waals surface area contributed by atoms with Crippen LogP contribution in [0.25, 0.3) is 11.0 Å². The van der Waals surface area contributed by atoms with Gasteiger partial charge >= 0.3 is 0 Å². The fourth-order valence-corrected chi connectivity index (χ4v) is 3.02. The SMILES string of the molecule is CCCN(CCC)C(=O)c1c(Cl)nc2ncccc2c1NCC(C)C. The molecule has 0 radical (unpaired) electrons. The highest BCUT2D eigenvalue weighted by Crippen LogP contribution is 2.31. The van der Waals surface area contributed by atoms with E-state index in [1.54, 1.807) is 6.20 Å². The van der Waals surface area contributed by atoms with E-state index < -0.39 is 0 Å². The topological polar surface area (TPSA) is 58.1 Å². The van der Waals surface area contributed by atoms with E-state index in [4.69, 9.17) is 11.6 Å². The molecule has 0 atom stereocenters. The number of hydrogen-bond donors (Lipinski definition) is 1. The van der Waals surface area contributed by atoms with Crippen LogP contribution in [0.3, 0.4) is 0 Å². The molecule has 1 N–H and O–H groups in total. The number of rotatable bonds is 8. The zero-order valence-corrected chi connectivity index (χ0v) is 16.2. The third-order valence-electron chi connectivity index (χ3n) is 3.89.